The number of rotatable bonds is 3. The van der Waals surface area contributed by atoms with Crippen molar-refractivity contribution in [3.05, 3.63) is 47.0 Å². The Labute approximate surface area is 97.6 Å². The van der Waals surface area contributed by atoms with Crippen LogP contribution in [0.1, 0.15) is 5.56 Å². The Hall–Kier alpha value is -1.39. The molecule has 16 heavy (non-hydrogen) atoms. The van der Waals surface area contributed by atoms with Crippen molar-refractivity contribution in [3.8, 4) is 5.69 Å². The largest absolute Gasteiger partial charge is 0.330 e. The van der Waals surface area contributed by atoms with Gasteiger partial charge in [-0.2, -0.15) is 5.10 Å². The summed E-state index contributed by atoms with van der Waals surface area (Å²) in [5.74, 6) is -0.355. The summed E-state index contributed by atoms with van der Waals surface area (Å²) in [5, 5.41) is 4.47. The minimum atomic E-state index is -0.355. The lowest BCUT2D eigenvalue weighted by Gasteiger charge is -2.04. The molecule has 2 rings (SSSR count). The van der Waals surface area contributed by atoms with Crippen molar-refractivity contribution in [3.63, 3.8) is 0 Å². The summed E-state index contributed by atoms with van der Waals surface area (Å²) in [4.78, 5) is 0. The zero-order chi connectivity index (χ0) is 11.5. The minimum absolute atomic E-state index is 0.343. The van der Waals surface area contributed by atoms with E-state index in [1.807, 2.05) is 0 Å². The fraction of sp³-hybridized carbons (Fsp3) is 0.182. The molecule has 1 aromatic heterocycles. The zero-order valence-electron chi connectivity index (χ0n) is 8.53. The van der Waals surface area contributed by atoms with E-state index in [4.69, 9.17) is 17.3 Å². The highest BCUT2D eigenvalue weighted by molar-refractivity contribution is 6.30. The average Bonchev–Trinajstić information content (AvgIpc) is 2.62. The monoisotopic (exact) mass is 239 g/mol. The summed E-state index contributed by atoms with van der Waals surface area (Å²) in [5.41, 5.74) is 6.61. The molecule has 2 aromatic rings. The highest BCUT2D eigenvalue weighted by Crippen LogP contribution is 2.21. The minimum Gasteiger partial charge on any atom is -0.330 e. The number of para-hydroxylation sites is 1. The maximum Gasteiger partial charge on any atom is 0.148 e. The van der Waals surface area contributed by atoms with E-state index < -0.39 is 0 Å². The number of hydrogen-bond donors (Lipinski definition) is 1. The maximum absolute atomic E-state index is 13.5. The van der Waals surface area contributed by atoms with Gasteiger partial charge in [0.1, 0.15) is 16.7 Å². The van der Waals surface area contributed by atoms with Crippen molar-refractivity contribution >= 4 is 11.6 Å². The molecule has 2 N–H and O–H groups in total. The molecule has 0 atom stereocenters. The molecule has 3 nitrogen and oxygen atoms in total. The Kier molecular flexibility index (Phi) is 3.22. The maximum atomic E-state index is 13.5. The average molecular weight is 240 g/mol. The molecule has 0 bridgehead atoms. The van der Waals surface area contributed by atoms with Crippen LogP contribution in [0, 0.1) is 5.82 Å². The summed E-state index contributed by atoms with van der Waals surface area (Å²) in [6, 6.07) is 6.35. The molecule has 0 aliphatic heterocycles. The summed E-state index contributed by atoms with van der Waals surface area (Å²) in [6.07, 6.45) is 2.24. The van der Waals surface area contributed by atoms with Gasteiger partial charge in [0, 0.05) is 5.56 Å². The number of nitrogens with zero attached hydrogens (tertiary/aromatic N) is 2. The third-order valence-electron chi connectivity index (χ3n) is 2.27. The van der Waals surface area contributed by atoms with Gasteiger partial charge < -0.3 is 5.73 Å². The van der Waals surface area contributed by atoms with Gasteiger partial charge in [-0.25, -0.2) is 9.07 Å². The summed E-state index contributed by atoms with van der Waals surface area (Å²) >= 11 is 6.09. The van der Waals surface area contributed by atoms with E-state index in [0.29, 0.717) is 23.8 Å². The fourth-order valence-corrected chi connectivity index (χ4v) is 1.76. The second kappa shape index (κ2) is 4.63. The van der Waals surface area contributed by atoms with Crippen LogP contribution < -0.4 is 5.73 Å². The van der Waals surface area contributed by atoms with Crippen LogP contribution in [0.2, 0.25) is 5.15 Å². The smallest absolute Gasteiger partial charge is 0.148 e. The predicted molar refractivity (Wildman–Crippen MR) is 61.3 cm³/mol. The van der Waals surface area contributed by atoms with Crippen molar-refractivity contribution in [2.75, 3.05) is 6.54 Å². The number of nitrogens with two attached hydrogens (primary N) is 1. The Morgan fingerprint density at radius 3 is 2.81 bits per heavy atom. The predicted octanol–water partition coefficient (Wildman–Crippen LogP) is 2.17. The molecule has 0 spiro atoms. The lowest BCUT2D eigenvalue weighted by molar-refractivity contribution is 0.611. The molecular weight excluding hydrogens is 229 g/mol. The number of halogens is 2. The lowest BCUT2D eigenvalue weighted by Crippen LogP contribution is -2.03. The van der Waals surface area contributed by atoms with Crippen LogP contribution in [-0.2, 0) is 6.42 Å². The molecule has 0 fully saturated rings. The van der Waals surface area contributed by atoms with Crippen LogP contribution in [0.3, 0.4) is 0 Å². The molecule has 0 saturated carbocycles. The van der Waals surface area contributed by atoms with Gasteiger partial charge in [0.2, 0.25) is 0 Å². The molecule has 1 aromatic carbocycles. The van der Waals surface area contributed by atoms with Crippen molar-refractivity contribution < 1.29 is 4.39 Å². The molecule has 5 heteroatoms. The van der Waals surface area contributed by atoms with Crippen LogP contribution >= 0.6 is 11.6 Å². The van der Waals surface area contributed by atoms with Gasteiger partial charge in [-0.05, 0) is 25.1 Å². The van der Waals surface area contributed by atoms with E-state index in [1.54, 1.807) is 24.4 Å². The molecule has 84 valence electrons. The van der Waals surface area contributed by atoms with E-state index in [2.05, 4.69) is 5.10 Å². The Bertz CT molecular complexity index is 496. The Balaban J connectivity index is 2.45. The first-order valence-corrected chi connectivity index (χ1v) is 5.29. The van der Waals surface area contributed by atoms with Gasteiger partial charge in [0.25, 0.3) is 0 Å². The van der Waals surface area contributed by atoms with E-state index in [-0.39, 0.29) is 5.82 Å². The lowest BCUT2D eigenvalue weighted by atomic mass is 10.2. The zero-order valence-corrected chi connectivity index (χ0v) is 9.28. The number of benzene rings is 1. The number of aromatic nitrogens is 2. The van der Waals surface area contributed by atoms with Crippen molar-refractivity contribution in [2.24, 2.45) is 5.73 Å². The Morgan fingerprint density at radius 1 is 1.38 bits per heavy atom. The second-order valence-electron chi connectivity index (χ2n) is 3.36. The van der Waals surface area contributed by atoms with Gasteiger partial charge in [0.15, 0.2) is 0 Å². The highest BCUT2D eigenvalue weighted by atomic mass is 35.5. The first kappa shape index (κ1) is 11.1. The topological polar surface area (TPSA) is 43.8 Å². The van der Waals surface area contributed by atoms with E-state index >= 15 is 0 Å². The number of hydrogen-bond acceptors (Lipinski definition) is 2. The van der Waals surface area contributed by atoms with Crippen molar-refractivity contribution in [2.45, 2.75) is 6.42 Å². The molecule has 0 aliphatic rings. The fourth-order valence-electron chi connectivity index (χ4n) is 1.48. The summed E-state index contributed by atoms with van der Waals surface area (Å²) in [6.45, 7) is 0.489. The molecule has 1 heterocycles. The van der Waals surface area contributed by atoms with Gasteiger partial charge in [0.05, 0.1) is 6.20 Å². The van der Waals surface area contributed by atoms with Crippen LogP contribution in [0.25, 0.3) is 5.69 Å². The molecule has 0 unspecified atom stereocenters. The quantitative estimate of drug-likeness (QED) is 0.892. The van der Waals surface area contributed by atoms with Gasteiger partial charge in [-0.3, -0.25) is 0 Å². The SMILES string of the molecule is NCCc1cnn(-c2ccccc2F)c1Cl. The van der Waals surface area contributed by atoms with Gasteiger partial charge in [-0.1, -0.05) is 23.7 Å². The van der Waals surface area contributed by atoms with Crippen LogP contribution in [0.15, 0.2) is 30.5 Å². The first-order chi connectivity index (χ1) is 7.74. The van der Waals surface area contributed by atoms with Crippen LogP contribution in [0.4, 0.5) is 4.39 Å². The van der Waals surface area contributed by atoms with Crippen molar-refractivity contribution in [1.82, 2.24) is 9.78 Å². The third kappa shape index (κ3) is 1.94. The normalized spacial score (nSPS) is 10.7. The first-order valence-electron chi connectivity index (χ1n) is 4.91. The molecule has 0 saturated heterocycles. The summed E-state index contributed by atoms with van der Waals surface area (Å²) < 4.78 is 14.9. The van der Waals surface area contributed by atoms with Gasteiger partial charge >= 0.3 is 0 Å². The highest BCUT2D eigenvalue weighted by Gasteiger charge is 2.11. The molecule has 0 aliphatic carbocycles. The summed E-state index contributed by atoms with van der Waals surface area (Å²) in [7, 11) is 0. The molecular formula is C11H11ClFN3. The molecule has 0 radical (unpaired) electrons. The molecule has 0 amide bonds. The Morgan fingerprint density at radius 2 is 2.12 bits per heavy atom. The third-order valence-corrected chi connectivity index (χ3v) is 2.68. The van der Waals surface area contributed by atoms with Gasteiger partial charge in [-0.15, -0.1) is 0 Å². The van der Waals surface area contributed by atoms with E-state index in [9.17, 15) is 4.39 Å². The van der Waals surface area contributed by atoms with Crippen molar-refractivity contribution in [1.29, 1.82) is 0 Å². The second-order valence-corrected chi connectivity index (χ2v) is 3.72. The standard InChI is InChI=1S/C11H11ClFN3/c12-11-8(5-6-14)7-15-16(11)10-4-2-1-3-9(10)13/h1-4,7H,5-6,14H2. The van der Waals surface area contributed by atoms with Crippen LogP contribution in [-0.4, -0.2) is 16.3 Å². The van der Waals surface area contributed by atoms with E-state index in [1.165, 1.54) is 10.7 Å². The van der Waals surface area contributed by atoms with E-state index in [0.717, 1.165) is 5.56 Å². The van der Waals surface area contributed by atoms with Crippen LogP contribution in [0.5, 0.6) is 0 Å².